The van der Waals surface area contributed by atoms with Crippen molar-refractivity contribution < 1.29 is 22.7 Å². The van der Waals surface area contributed by atoms with Gasteiger partial charge in [0.1, 0.15) is 16.7 Å². The van der Waals surface area contributed by atoms with Crippen molar-refractivity contribution in [1.29, 1.82) is 0 Å². The molecule has 10 heteroatoms. The lowest BCUT2D eigenvalue weighted by Crippen LogP contribution is -2.35. The van der Waals surface area contributed by atoms with Gasteiger partial charge < -0.3 is 9.47 Å². The molecule has 4 rings (SSSR count). The topological polar surface area (TPSA) is 97.8 Å². The molecule has 8 nitrogen and oxygen atoms in total. The third kappa shape index (κ3) is 3.64. The van der Waals surface area contributed by atoms with E-state index >= 15 is 0 Å². The molecule has 0 saturated carbocycles. The highest BCUT2D eigenvalue weighted by molar-refractivity contribution is 7.89. The summed E-state index contributed by atoms with van der Waals surface area (Å²) in [5.41, 5.74) is 0.833. The third-order valence-electron chi connectivity index (χ3n) is 4.84. The molecule has 0 aliphatic carbocycles. The predicted molar refractivity (Wildman–Crippen MR) is 104 cm³/mol. The number of nitrogens with zero attached hydrogens (tertiary/aromatic N) is 2. The molecule has 150 valence electrons. The Hall–Kier alpha value is -2.01. The minimum absolute atomic E-state index is 0.150. The lowest BCUT2D eigenvalue weighted by Gasteiger charge is -2.26. The van der Waals surface area contributed by atoms with Crippen LogP contribution in [0.5, 0.6) is 5.75 Å². The number of hydrogen-bond donors (Lipinski definition) is 1. The number of methoxy groups -OCH3 is 1. The number of hydrogen-bond acceptors (Lipinski definition) is 7. The van der Waals surface area contributed by atoms with Gasteiger partial charge in [0.05, 0.1) is 19.3 Å². The van der Waals surface area contributed by atoms with Crippen LogP contribution in [0.2, 0.25) is 0 Å². The summed E-state index contributed by atoms with van der Waals surface area (Å²) in [6.45, 7) is 1.15. The summed E-state index contributed by atoms with van der Waals surface area (Å²) in [6, 6.07) is 6.59. The van der Waals surface area contributed by atoms with Gasteiger partial charge >= 0.3 is 0 Å². The zero-order chi connectivity index (χ0) is 19.7. The first-order valence-corrected chi connectivity index (χ1v) is 11.3. The molecule has 0 radical (unpaired) electrons. The highest BCUT2D eigenvalue weighted by atomic mass is 32.2. The molecular weight excluding hydrogens is 402 g/mol. The maximum Gasteiger partial charge on any atom is 0.255 e. The molecule has 1 fully saturated rings. The summed E-state index contributed by atoms with van der Waals surface area (Å²) in [5.74, 6) is 0.129. The zero-order valence-electron chi connectivity index (χ0n) is 15.4. The molecule has 1 N–H and O–H groups in total. The summed E-state index contributed by atoms with van der Waals surface area (Å²) in [5, 5.41) is 3.29. The van der Waals surface area contributed by atoms with Crippen molar-refractivity contribution in [3.05, 3.63) is 34.8 Å². The van der Waals surface area contributed by atoms with Crippen molar-refractivity contribution >= 4 is 32.4 Å². The van der Waals surface area contributed by atoms with E-state index in [1.54, 1.807) is 24.3 Å². The Morgan fingerprint density at radius 1 is 1.39 bits per heavy atom. The number of anilines is 1. The highest BCUT2D eigenvalue weighted by Crippen LogP contribution is 2.33. The molecule has 1 saturated heterocycles. The van der Waals surface area contributed by atoms with Crippen LogP contribution in [0.25, 0.3) is 0 Å². The number of ether oxygens (including phenoxy) is 2. The van der Waals surface area contributed by atoms with Gasteiger partial charge in [0.25, 0.3) is 5.91 Å². The molecule has 0 spiro atoms. The van der Waals surface area contributed by atoms with E-state index in [4.69, 9.17) is 9.47 Å². The summed E-state index contributed by atoms with van der Waals surface area (Å²) >= 11 is 1.31. The minimum atomic E-state index is -3.69. The van der Waals surface area contributed by atoms with Gasteiger partial charge in [-0.2, -0.15) is 4.31 Å². The van der Waals surface area contributed by atoms with E-state index in [0.717, 1.165) is 17.0 Å². The second-order valence-corrected chi connectivity index (χ2v) is 9.61. The number of fused-ring (bicyclic) bond motifs is 1. The average molecular weight is 424 g/mol. The van der Waals surface area contributed by atoms with Crippen LogP contribution in [0.3, 0.4) is 0 Å². The quantitative estimate of drug-likeness (QED) is 0.790. The van der Waals surface area contributed by atoms with Crippen molar-refractivity contribution in [2.45, 2.75) is 36.8 Å². The molecule has 1 aromatic carbocycles. The maximum atomic E-state index is 13.1. The second-order valence-electron chi connectivity index (χ2n) is 6.62. The highest BCUT2D eigenvalue weighted by Gasteiger charge is 2.33. The van der Waals surface area contributed by atoms with E-state index in [2.05, 4.69) is 10.3 Å². The Balaban J connectivity index is 1.52. The summed E-state index contributed by atoms with van der Waals surface area (Å²) in [7, 11) is -2.24. The second kappa shape index (κ2) is 7.78. The van der Waals surface area contributed by atoms with E-state index < -0.39 is 16.1 Å². The number of carbonyl (C=O) groups excluding carboxylic acids is 1. The number of benzene rings is 1. The lowest BCUT2D eigenvalue weighted by atomic mass is 10.2. The first-order valence-electron chi connectivity index (χ1n) is 9.03. The number of thiazole rings is 1. The predicted octanol–water partition coefficient (Wildman–Crippen LogP) is 2.02. The Kier molecular flexibility index (Phi) is 5.37. The number of aromatic nitrogens is 1. The molecule has 2 aliphatic heterocycles. The average Bonchev–Trinajstić information content (AvgIpc) is 3.36. The molecule has 1 amide bonds. The molecule has 3 heterocycles. The standard InChI is InChI=1S/C18H21N3O5S2/c1-25-13-5-2-3-7-16(13)28(23,24)21-9-8-12-15(11-21)27-18(19-12)20-17(22)14-6-4-10-26-14/h2-3,5,7,14H,4,6,8-11H2,1H3,(H,19,20,22). The number of carbonyl (C=O) groups is 1. The van der Waals surface area contributed by atoms with E-state index in [-0.39, 0.29) is 17.3 Å². The van der Waals surface area contributed by atoms with Gasteiger partial charge in [-0.1, -0.05) is 12.1 Å². The number of amides is 1. The Bertz CT molecular complexity index is 983. The monoisotopic (exact) mass is 423 g/mol. The molecule has 1 aromatic heterocycles. The van der Waals surface area contributed by atoms with Crippen LogP contribution in [0.1, 0.15) is 23.4 Å². The fourth-order valence-corrected chi connectivity index (χ4v) is 6.05. The third-order valence-corrected chi connectivity index (χ3v) is 7.72. The van der Waals surface area contributed by atoms with Crippen LogP contribution in [-0.2, 0) is 32.5 Å². The number of rotatable bonds is 5. The molecule has 1 atom stereocenters. The molecular formula is C18H21N3O5S2. The van der Waals surface area contributed by atoms with Gasteiger partial charge in [-0.3, -0.25) is 10.1 Å². The normalized spacial score (nSPS) is 20.0. The summed E-state index contributed by atoms with van der Waals surface area (Å²) in [4.78, 5) is 17.7. The number of para-hydroxylation sites is 1. The van der Waals surface area contributed by atoms with Crippen molar-refractivity contribution in [2.24, 2.45) is 0 Å². The van der Waals surface area contributed by atoms with Crippen LogP contribution in [-0.4, -0.2) is 50.0 Å². The van der Waals surface area contributed by atoms with Crippen LogP contribution in [0.4, 0.5) is 5.13 Å². The number of nitrogens with one attached hydrogen (secondary N) is 1. The fourth-order valence-electron chi connectivity index (χ4n) is 3.37. The van der Waals surface area contributed by atoms with Gasteiger partial charge in [-0.15, -0.1) is 11.3 Å². The van der Waals surface area contributed by atoms with Crippen LogP contribution in [0, 0.1) is 0 Å². The Morgan fingerprint density at radius 3 is 2.96 bits per heavy atom. The minimum Gasteiger partial charge on any atom is -0.495 e. The van der Waals surface area contributed by atoms with E-state index in [1.165, 1.54) is 22.8 Å². The molecule has 28 heavy (non-hydrogen) atoms. The largest absolute Gasteiger partial charge is 0.495 e. The zero-order valence-corrected chi connectivity index (χ0v) is 17.0. The van der Waals surface area contributed by atoms with Crippen molar-refractivity contribution in [3.63, 3.8) is 0 Å². The Morgan fingerprint density at radius 2 is 2.21 bits per heavy atom. The SMILES string of the molecule is COc1ccccc1S(=O)(=O)N1CCc2nc(NC(=O)C3CCCO3)sc2C1. The molecule has 0 bridgehead atoms. The van der Waals surface area contributed by atoms with Crippen molar-refractivity contribution in [3.8, 4) is 5.75 Å². The summed E-state index contributed by atoms with van der Waals surface area (Å²) in [6.07, 6.45) is 1.66. The fraction of sp³-hybridized carbons (Fsp3) is 0.444. The van der Waals surface area contributed by atoms with Crippen molar-refractivity contribution in [2.75, 3.05) is 25.6 Å². The maximum absolute atomic E-state index is 13.1. The van der Waals surface area contributed by atoms with Gasteiger partial charge in [-0.25, -0.2) is 13.4 Å². The van der Waals surface area contributed by atoms with Gasteiger partial charge in [0.2, 0.25) is 10.0 Å². The Labute approximate surface area is 167 Å². The molecule has 2 aromatic rings. The van der Waals surface area contributed by atoms with Gasteiger partial charge in [0.15, 0.2) is 5.13 Å². The molecule has 2 aliphatic rings. The van der Waals surface area contributed by atoms with Crippen molar-refractivity contribution in [1.82, 2.24) is 9.29 Å². The number of sulfonamides is 1. The van der Waals surface area contributed by atoms with E-state index in [9.17, 15) is 13.2 Å². The van der Waals surface area contributed by atoms with Gasteiger partial charge in [-0.05, 0) is 25.0 Å². The van der Waals surface area contributed by atoms with E-state index in [1.807, 2.05) is 0 Å². The van der Waals surface area contributed by atoms with Crippen LogP contribution < -0.4 is 10.1 Å². The first-order chi connectivity index (χ1) is 13.5. The van der Waals surface area contributed by atoms with Crippen LogP contribution >= 0.6 is 11.3 Å². The van der Waals surface area contributed by atoms with Crippen LogP contribution in [0.15, 0.2) is 29.2 Å². The summed E-state index contributed by atoms with van der Waals surface area (Å²) < 4.78 is 38.2. The smallest absolute Gasteiger partial charge is 0.255 e. The van der Waals surface area contributed by atoms with E-state index in [0.29, 0.717) is 36.9 Å². The van der Waals surface area contributed by atoms with Gasteiger partial charge in [0, 0.05) is 24.4 Å². The first kappa shape index (κ1) is 19.3. The molecule has 1 unspecified atom stereocenters. The lowest BCUT2D eigenvalue weighted by molar-refractivity contribution is -0.124.